The van der Waals surface area contributed by atoms with Crippen molar-refractivity contribution < 1.29 is 14.3 Å². The van der Waals surface area contributed by atoms with E-state index in [1.54, 1.807) is 13.2 Å². The van der Waals surface area contributed by atoms with E-state index in [0.717, 1.165) is 5.56 Å². The van der Waals surface area contributed by atoms with Crippen molar-refractivity contribution in [2.75, 3.05) is 14.2 Å². The number of nitriles is 1. The van der Waals surface area contributed by atoms with E-state index in [9.17, 15) is 4.79 Å². The van der Waals surface area contributed by atoms with Crippen LogP contribution >= 0.6 is 0 Å². The second-order valence-corrected chi connectivity index (χ2v) is 4.29. The molecule has 0 saturated carbocycles. The summed E-state index contributed by atoms with van der Waals surface area (Å²) in [6, 6.07) is 7.46. The fraction of sp³-hybridized carbons (Fsp3) is 0.333. The van der Waals surface area contributed by atoms with Gasteiger partial charge in [0.2, 0.25) is 0 Å². The fourth-order valence-electron chi connectivity index (χ4n) is 1.78. The molecule has 0 aliphatic carbocycles. The van der Waals surface area contributed by atoms with Gasteiger partial charge in [-0.25, -0.2) is 4.79 Å². The highest BCUT2D eigenvalue weighted by Gasteiger charge is 2.14. The Bertz CT molecular complexity index is 539. The normalized spacial score (nSPS) is 11.1. The van der Waals surface area contributed by atoms with Crippen LogP contribution in [-0.4, -0.2) is 20.2 Å². The van der Waals surface area contributed by atoms with Gasteiger partial charge in [-0.15, -0.1) is 0 Å². The summed E-state index contributed by atoms with van der Waals surface area (Å²) in [6.45, 7) is 4.10. The molecule has 0 unspecified atom stereocenters. The largest absolute Gasteiger partial charge is 0.496 e. The van der Waals surface area contributed by atoms with Crippen LogP contribution in [0.5, 0.6) is 5.75 Å². The summed E-state index contributed by atoms with van der Waals surface area (Å²) in [6.07, 6.45) is 1.48. The molecule has 0 fully saturated rings. The molecule has 1 aromatic rings. The average Bonchev–Trinajstić information content (AvgIpc) is 2.43. The van der Waals surface area contributed by atoms with E-state index in [-0.39, 0.29) is 11.5 Å². The highest BCUT2D eigenvalue weighted by Crippen LogP contribution is 2.31. The van der Waals surface area contributed by atoms with Gasteiger partial charge in [0.1, 0.15) is 17.4 Å². The van der Waals surface area contributed by atoms with E-state index >= 15 is 0 Å². The maximum Gasteiger partial charge on any atom is 0.348 e. The quantitative estimate of drug-likeness (QED) is 0.474. The summed E-state index contributed by atoms with van der Waals surface area (Å²) >= 11 is 0. The maximum atomic E-state index is 11.4. The maximum absolute atomic E-state index is 11.4. The van der Waals surface area contributed by atoms with Crippen LogP contribution in [-0.2, 0) is 9.53 Å². The fourth-order valence-corrected chi connectivity index (χ4v) is 1.78. The lowest BCUT2D eigenvalue weighted by Gasteiger charge is -2.14. The molecule has 0 aromatic heterocycles. The van der Waals surface area contributed by atoms with Gasteiger partial charge in [-0.1, -0.05) is 32.0 Å². The number of methoxy groups -OCH3 is 2. The van der Waals surface area contributed by atoms with Gasteiger partial charge < -0.3 is 9.47 Å². The Hall–Kier alpha value is -2.28. The van der Waals surface area contributed by atoms with Gasteiger partial charge in [-0.05, 0) is 17.6 Å². The molecule has 0 atom stereocenters. The Kier molecular flexibility index (Phi) is 5.13. The smallest absolute Gasteiger partial charge is 0.348 e. The molecule has 1 rings (SSSR count). The van der Waals surface area contributed by atoms with Crippen LogP contribution in [0.25, 0.3) is 6.08 Å². The molecule has 19 heavy (non-hydrogen) atoms. The summed E-state index contributed by atoms with van der Waals surface area (Å²) < 4.78 is 9.95. The molecule has 0 aliphatic heterocycles. The number of carbonyl (C=O) groups excluding carboxylic acids is 1. The molecule has 0 aliphatic rings. The first-order valence-corrected chi connectivity index (χ1v) is 5.92. The number of para-hydroxylation sites is 1. The Balaban J connectivity index is 3.36. The Morgan fingerprint density at radius 2 is 2.05 bits per heavy atom. The van der Waals surface area contributed by atoms with E-state index in [1.165, 1.54) is 13.2 Å². The number of carbonyl (C=O) groups is 1. The number of esters is 1. The minimum Gasteiger partial charge on any atom is -0.496 e. The zero-order valence-corrected chi connectivity index (χ0v) is 11.6. The van der Waals surface area contributed by atoms with Gasteiger partial charge in [-0.2, -0.15) is 5.26 Å². The Morgan fingerprint density at radius 3 is 2.53 bits per heavy atom. The first-order chi connectivity index (χ1) is 9.04. The zero-order chi connectivity index (χ0) is 14.4. The molecule has 4 nitrogen and oxygen atoms in total. The number of rotatable bonds is 4. The van der Waals surface area contributed by atoms with Gasteiger partial charge >= 0.3 is 5.97 Å². The van der Waals surface area contributed by atoms with Crippen LogP contribution < -0.4 is 4.74 Å². The molecular weight excluding hydrogens is 242 g/mol. The van der Waals surface area contributed by atoms with Crippen molar-refractivity contribution in [3.63, 3.8) is 0 Å². The van der Waals surface area contributed by atoms with Crippen molar-refractivity contribution in [2.45, 2.75) is 19.8 Å². The van der Waals surface area contributed by atoms with Crippen LogP contribution in [0.3, 0.4) is 0 Å². The predicted molar refractivity (Wildman–Crippen MR) is 72.7 cm³/mol. The summed E-state index contributed by atoms with van der Waals surface area (Å²) in [5, 5.41) is 8.97. The SMILES string of the molecule is COC(=O)C(C#N)=Cc1cccc(C(C)C)c1OC. The van der Waals surface area contributed by atoms with Crippen molar-refractivity contribution in [1.82, 2.24) is 0 Å². The van der Waals surface area contributed by atoms with Gasteiger partial charge in [0, 0.05) is 5.56 Å². The van der Waals surface area contributed by atoms with Crippen molar-refractivity contribution in [3.8, 4) is 11.8 Å². The molecule has 1 aromatic carbocycles. The summed E-state index contributed by atoms with van der Waals surface area (Å²) in [5.41, 5.74) is 1.66. The van der Waals surface area contributed by atoms with Crippen LogP contribution in [0.15, 0.2) is 23.8 Å². The molecule has 0 saturated heterocycles. The number of nitrogens with zero attached hydrogens (tertiary/aromatic N) is 1. The molecule has 100 valence electrons. The van der Waals surface area contributed by atoms with Crippen molar-refractivity contribution in [1.29, 1.82) is 5.26 Å². The van der Waals surface area contributed by atoms with Gasteiger partial charge in [0.15, 0.2) is 0 Å². The highest BCUT2D eigenvalue weighted by molar-refractivity contribution is 5.98. The van der Waals surface area contributed by atoms with Crippen molar-refractivity contribution >= 4 is 12.0 Å². The lowest BCUT2D eigenvalue weighted by atomic mass is 9.98. The zero-order valence-electron chi connectivity index (χ0n) is 11.6. The van der Waals surface area contributed by atoms with Crippen LogP contribution in [0.2, 0.25) is 0 Å². The first-order valence-electron chi connectivity index (χ1n) is 5.92. The van der Waals surface area contributed by atoms with E-state index in [4.69, 9.17) is 10.00 Å². The molecule has 0 spiro atoms. The minimum atomic E-state index is -0.653. The van der Waals surface area contributed by atoms with Crippen molar-refractivity contribution in [2.24, 2.45) is 0 Å². The topological polar surface area (TPSA) is 59.3 Å². The third-order valence-corrected chi connectivity index (χ3v) is 2.73. The molecule has 4 heteroatoms. The average molecular weight is 259 g/mol. The molecule has 0 amide bonds. The number of hydrogen-bond acceptors (Lipinski definition) is 4. The third-order valence-electron chi connectivity index (χ3n) is 2.73. The first kappa shape index (κ1) is 14.8. The monoisotopic (exact) mass is 259 g/mol. The Morgan fingerprint density at radius 1 is 1.37 bits per heavy atom. The van der Waals surface area contributed by atoms with Crippen LogP contribution in [0.4, 0.5) is 0 Å². The second kappa shape index (κ2) is 6.60. The Labute approximate surface area is 113 Å². The predicted octanol–water partition coefficient (Wildman–Crippen LogP) is 2.90. The van der Waals surface area contributed by atoms with Crippen LogP contribution in [0.1, 0.15) is 30.9 Å². The lowest BCUT2D eigenvalue weighted by molar-refractivity contribution is -0.135. The molecule has 0 heterocycles. The number of hydrogen-bond donors (Lipinski definition) is 0. The summed E-state index contributed by atoms with van der Waals surface area (Å²) in [4.78, 5) is 11.4. The van der Waals surface area contributed by atoms with Gasteiger partial charge in [0.05, 0.1) is 14.2 Å². The number of ether oxygens (including phenoxy) is 2. The van der Waals surface area contributed by atoms with E-state index in [0.29, 0.717) is 11.3 Å². The third kappa shape index (κ3) is 3.35. The van der Waals surface area contributed by atoms with Crippen LogP contribution in [0, 0.1) is 11.3 Å². The van der Waals surface area contributed by atoms with E-state index < -0.39 is 5.97 Å². The minimum absolute atomic E-state index is 0.0540. The molecule has 0 bridgehead atoms. The van der Waals surface area contributed by atoms with E-state index in [1.807, 2.05) is 18.2 Å². The summed E-state index contributed by atoms with van der Waals surface area (Å²) in [5.74, 6) is 0.306. The molecular formula is C15H17NO3. The van der Waals surface area contributed by atoms with Crippen molar-refractivity contribution in [3.05, 3.63) is 34.9 Å². The highest BCUT2D eigenvalue weighted by atomic mass is 16.5. The van der Waals surface area contributed by atoms with Gasteiger partial charge in [-0.3, -0.25) is 0 Å². The molecule has 0 radical (unpaired) electrons. The standard InChI is InChI=1S/C15H17NO3/c1-10(2)13-7-5-6-11(14(13)18-3)8-12(9-16)15(17)19-4/h5-8,10H,1-4H3. The second-order valence-electron chi connectivity index (χ2n) is 4.29. The number of benzene rings is 1. The van der Waals surface area contributed by atoms with E-state index in [2.05, 4.69) is 18.6 Å². The lowest BCUT2D eigenvalue weighted by Crippen LogP contribution is -2.03. The van der Waals surface area contributed by atoms with Gasteiger partial charge in [0.25, 0.3) is 0 Å². The molecule has 0 N–H and O–H groups in total. The summed E-state index contributed by atoms with van der Waals surface area (Å²) in [7, 11) is 2.82.